The summed E-state index contributed by atoms with van der Waals surface area (Å²) in [6, 6.07) is 0.546. The fourth-order valence-corrected chi connectivity index (χ4v) is 0.957. The Bertz CT molecular complexity index is 95.9. The molecule has 0 aromatic rings. The summed E-state index contributed by atoms with van der Waals surface area (Å²) in [5, 5.41) is 7.19. The Balaban J connectivity index is 0.000000180. The van der Waals surface area contributed by atoms with E-state index < -0.39 is 6.09 Å². The lowest BCUT2D eigenvalue weighted by Gasteiger charge is -1.92. The third-order valence-corrected chi connectivity index (χ3v) is 1.40. The summed E-state index contributed by atoms with van der Waals surface area (Å²) in [5.74, 6) is 0. The summed E-state index contributed by atoms with van der Waals surface area (Å²) in [7, 11) is 0. The summed E-state index contributed by atoms with van der Waals surface area (Å²) < 4.78 is 0. The minimum absolute atomic E-state index is 0.546. The normalized spacial score (nSPS) is 17.7. The number of carboxylic acid groups (broad SMARTS) is 1. The Kier molecular flexibility index (Phi) is 4.66. The van der Waals surface area contributed by atoms with Gasteiger partial charge >= 0.3 is 6.09 Å². The van der Waals surface area contributed by atoms with Gasteiger partial charge in [-0.15, -0.1) is 0 Å². The van der Waals surface area contributed by atoms with E-state index in [2.05, 4.69) is 5.73 Å². The third kappa shape index (κ3) is 7.23. The molecule has 0 heterocycles. The van der Waals surface area contributed by atoms with Gasteiger partial charge in [0.25, 0.3) is 0 Å². The highest BCUT2D eigenvalue weighted by Gasteiger charge is 2.07. The van der Waals surface area contributed by atoms with Crippen LogP contribution in [0.1, 0.15) is 25.7 Å². The van der Waals surface area contributed by atoms with Gasteiger partial charge < -0.3 is 16.6 Å². The van der Waals surface area contributed by atoms with E-state index in [0.29, 0.717) is 6.04 Å². The zero-order valence-electron chi connectivity index (χ0n) is 5.92. The average Bonchev–Trinajstić information content (AvgIpc) is 2.15. The van der Waals surface area contributed by atoms with Crippen molar-refractivity contribution in [3.8, 4) is 0 Å². The van der Waals surface area contributed by atoms with Crippen LogP contribution in [0.5, 0.6) is 0 Å². The van der Waals surface area contributed by atoms with Crippen molar-refractivity contribution in [2.24, 2.45) is 11.5 Å². The van der Waals surface area contributed by atoms with E-state index in [9.17, 15) is 0 Å². The predicted molar refractivity (Wildman–Crippen MR) is 38.7 cm³/mol. The maximum absolute atomic E-state index is 8.78. The van der Waals surface area contributed by atoms with Crippen LogP contribution in [0, 0.1) is 0 Å². The molecule has 1 saturated carbocycles. The smallest absolute Gasteiger partial charge is 0.402 e. The quantitative estimate of drug-likeness (QED) is 0.465. The molecule has 0 atom stereocenters. The molecule has 10 heavy (non-hydrogen) atoms. The van der Waals surface area contributed by atoms with Crippen molar-refractivity contribution in [1.82, 2.24) is 0 Å². The van der Waals surface area contributed by atoms with Gasteiger partial charge in [-0.25, -0.2) is 4.79 Å². The maximum Gasteiger partial charge on any atom is 0.402 e. The van der Waals surface area contributed by atoms with E-state index in [1.54, 1.807) is 0 Å². The Morgan fingerprint density at radius 1 is 1.40 bits per heavy atom. The molecule has 1 fully saturated rings. The SMILES string of the molecule is NC(=O)O.NC1CCCC1. The van der Waals surface area contributed by atoms with Gasteiger partial charge in [0, 0.05) is 6.04 Å². The summed E-state index contributed by atoms with van der Waals surface area (Å²) in [5.41, 5.74) is 9.56. The molecule has 0 radical (unpaired) electrons. The van der Waals surface area contributed by atoms with Gasteiger partial charge in [-0.3, -0.25) is 0 Å². The molecule has 0 aromatic carbocycles. The molecule has 5 N–H and O–H groups in total. The van der Waals surface area contributed by atoms with E-state index >= 15 is 0 Å². The fourth-order valence-electron chi connectivity index (χ4n) is 0.957. The molecule has 60 valence electrons. The molecule has 4 heteroatoms. The number of rotatable bonds is 0. The van der Waals surface area contributed by atoms with Crippen molar-refractivity contribution in [2.45, 2.75) is 31.7 Å². The van der Waals surface area contributed by atoms with Gasteiger partial charge in [-0.2, -0.15) is 0 Å². The largest absolute Gasteiger partial charge is 0.465 e. The second kappa shape index (κ2) is 5.05. The Morgan fingerprint density at radius 3 is 1.80 bits per heavy atom. The zero-order valence-corrected chi connectivity index (χ0v) is 5.92. The molecular weight excluding hydrogens is 132 g/mol. The fraction of sp³-hybridized carbons (Fsp3) is 0.833. The summed E-state index contributed by atoms with van der Waals surface area (Å²) in [6.07, 6.45) is 3.92. The molecule has 0 bridgehead atoms. The molecule has 1 aliphatic rings. The number of amides is 1. The third-order valence-electron chi connectivity index (χ3n) is 1.40. The maximum atomic E-state index is 8.78. The van der Waals surface area contributed by atoms with Gasteiger partial charge in [0.2, 0.25) is 0 Å². The molecule has 0 aliphatic heterocycles. The van der Waals surface area contributed by atoms with Crippen LogP contribution in [0.3, 0.4) is 0 Å². The van der Waals surface area contributed by atoms with Gasteiger partial charge in [-0.05, 0) is 12.8 Å². The standard InChI is InChI=1S/C5H11N.CH3NO2/c6-5-3-1-2-4-5;2-1(3)4/h5H,1-4,6H2;2H2,(H,3,4). The van der Waals surface area contributed by atoms with Crippen LogP contribution in [0.4, 0.5) is 4.79 Å². The lowest BCUT2D eigenvalue weighted by Crippen LogP contribution is -2.13. The van der Waals surface area contributed by atoms with E-state index in [-0.39, 0.29) is 0 Å². The van der Waals surface area contributed by atoms with Crippen LogP contribution >= 0.6 is 0 Å². The van der Waals surface area contributed by atoms with Crippen molar-refractivity contribution < 1.29 is 9.90 Å². The minimum atomic E-state index is -1.33. The van der Waals surface area contributed by atoms with Crippen molar-refractivity contribution in [3.05, 3.63) is 0 Å². The molecule has 1 aliphatic carbocycles. The summed E-state index contributed by atoms with van der Waals surface area (Å²) >= 11 is 0. The van der Waals surface area contributed by atoms with Crippen LogP contribution in [-0.4, -0.2) is 17.2 Å². The van der Waals surface area contributed by atoms with Crippen molar-refractivity contribution in [2.75, 3.05) is 0 Å². The topological polar surface area (TPSA) is 89.3 Å². The highest BCUT2D eigenvalue weighted by Crippen LogP contribution is 2.14. The van der Waals surface area contributed by atoms with Gasteiger partial charge in [0.15, 0.2) is 0 Å². The van der Waals surface area contributed by atoms with Crippen molar-refractivity contribution in [1.29, 1.82) is 0 Å². The molecular formula is C6H14N2O2. The first-order valence-corrected chi connectivity index (χ1v) is 3.37. The second-order valence-electron chi connectivity index (χ2n) is 2.38. The van der Waals surface area contributed by atoms with Crippen molar-refractivity contribution in [3.63, 3.8) is 0 Å². The number of primary amides is 1. The number of hydrogen-bond acceptors (Lipinski definition) is 2. The van der Waals surface area contributed by atoms with E-state index in [4.69, 9.17) is 15.6 Å². The number of carbonyl (C=O) groups is 1. The highest BCUT2D eigenvalue weighted by atomic mass is 16.4. The van der Waals surface area contributed by atoms with Gasteiger partial charge in [0.05, 0.1) is 0 Å². The zero-order chi connectivity index (χ0) is 7.98. The van der Waals surface area contributed by atoms with Crippen LogP contribution in [0.15, 0.2) is 0 Å². The van der Waals surface area contributed by atoms with Crippen molar-refractivity contribution >= 4 is 6.09 Å². The molecule has 1 amide bonds. The molecule has 4 nitrogen and oxygen atoms in total. The highest BCUT2D eigenvalue weighted by molar-refractivity contribution is 5.61. The number of hydrogen-bond donors (Lipinski definition) is 3. The average molecular weight is 146 g/mol. The molecule has 0 spiro atoms. The van der Waals surface area contributed by atoms with Gasteiger partial charge in [-0.1, -0.05) is 12.8 Å². The Labute approximate surface area is 60.2 Å². The lowest BCUT2D eigenvalue weighted by molar-refractivity contribution is 0.205. The van der Waals surface area contributed by atoms with E-state index in [0.717, 1.165) is 0 Å². The molecule has 1 rings (SSSR count). The summed E-state index contributed by atoms with van der Waals surface area (Å²) in [4.78, 5) is 8.78. The van der Waals surface area contributed by atoms with Gasteiger partial charge in [0.1, 0.15) is 0 Å². The Morgan fingerprint density at radius 2 is 1.70 bits per heavy atom. The number of nitrogens with two attached hydrogens (primary N) is 2. The first-order chi connectivity index (χ1) is 4.63. The van der Waals surface area contributed by atoms with E-state index in [1.807, 2.05) is 0 Å². The summed E-state index contributed by atoms with van der Waals surface area (Å²) in [6.45, 7) is 0. The van der Waals surface area contributed by atoms with Crippen LogP contribution in [0.25, 0.3) is 0 Å². The molecule has 0 unspecified atom stereocenters. The molecule has 0 aromatic heterocycles. The first-order valence-electron chi connectivity index (χ1n) is 3.37. The van der Waals surface area contributed by atoms with Crippen LogP contribution in [-0.2, 0) is 0 Å². The van der Waals surface area contributed by atoms with Crippen LogP contribution in [0.2, 0.25) is 0 Å². The monoisotopic (exact) mass is 146 g/mol. The molecule has 0 saturated heterocycles. The Hall–Kier alpha value is -0.770. The second-order valence-corrected chi connectivity index (χ2v) is 2.38. The minimum Gasteiger partial charge on any atom is -0.465 e. The van der Waals surface area contributed by atoms with E-state index in [1.165, 1.54) is 25.7 Å². The van der Waals surface area contributed by atoms with Crippen LogP contribution < -0.4 is 11.5 Å². The lowest BCUT2D eigenvalue weighted by atomic mass is 10.3. The first kappa shape index (κ1) is 9.23. The predicted octanol–water partition coefficient (Wildman–Crippen LogP) is 0.511.